The van der Waals surface area contributed by atoms with Gasteiger partial charge in [0, 0.05) is 0 Å². The largest absolute Gasteiger partial charge is 0.449 e. The van der Waals surface area contributed by atoms with Crippen LogP contribution in [0.4, 0.5) is 10.5 Å². The van der Waals surface area contributed by atoms with Crippen molar-refractivity contribution in [1.29, 1.82) is 0 Å². The number of hydrogen-bond donors (Lipinski definition) is 2. The van der Waals surface area contributed by atoms with E-state index in [9.17, 15) is 24.0 Å². The van der Waals surface area contributed by atoms with E-state index in [-0.39, 0.29) is 5.56 Å². The van der Waals surface area contributed by atoms with Crippen molar-refractivity contribution < 1.29 is 28.7 Å². The van der Waals surface area contributed by atoms with Gasteiger partial charge < -0.3 is 10.5 Å². The van der Waals surface area contributed by atoms with Gasteiger partial charge in [0.1, 0.15) is 0 Å². The molecular formula is C19H15N3O6. The maximum atomic E-state index is 12.5. The van der Waals surface area contributed by atoms with Crippen LogP contribution < -0.4 is 16.0 Å². The molecule has 1 atom stereocenters. The summed E-state index contributed by atoms with van der Waals surface area (Å²) in [6.07, 6.45) is -1.24. The Morgan fingerprint density at radius 2 is 1.50 bits per heavy atom. The number of nitrogens with zero attached hydrogens (tertiary/aromatic N) is 1. The molecule has 3 rings (SSSR count). The number of carbonyl (C=O) groups is 5. The third-order valence-corrected chi connectivity index (χ3v) is 4.05. The molecule has 2 aromatic rings. The van der Waals surface area contributed by atoms with Gasteiger partial charge >= 0.3 is 12.0 Å². The zero-order chi connectivity index (χ0) is 20.4. The van der Waals surface area contributed by atoms with Crippen molar-refractivity contribution in [3.8, 4) is 0 Å². The average molecular weight is 381 g/mol. The average Bonchev–Trinajstić information content (AvgIpc) is 2.92. The second kappa shape index (κ2) is 7.31. The van der Waals surface area contributed by atoms with Gasteiger partial charge in [-0.15, -0.1) is 0 Å². The Hall–Kier alpha value is -4.01. The number of urea groups is 1. The Kier molecular flexibility index (Phi) is 4.90. The fourth-order valence-corrected chi connectivity index (χ4v) is 2.68. The Morgan fingerprint density at radius 3 is 2.00 bits per heavy atom. The molecule has 5 amide bonds. The molecule has 0 radical (unpaired) electrons. The number of ether oxygens (including phenoxy) is 1. The first kappa shape index (κ1) is 18.8. The Morgan fingerprint density at radius 1 is 0.964 bits per heavy atom. The summed E-state index contributed by atoms with van der Waals surface area (Å²) in [5.74, 6) is -2.58. The smallest absolute Gasteiger partial charge is 0.338 e. The van der Waals surface area contributed by atoms with Crippen LogP contribution >= 0.6 is 0 Å². The second-order valence-corrected chi connectivity index (χ2v) is 5.94. The normalized spacial score (nSPS) is 13.7. The number of primary amides is 1. The quantitative estimate of drug-likeness (QED) is 0.604. The number of anilines is 1. The third kappa shape index (κ3) is 3.45. The van der Waals surface area contributed by atoms with Crippen LogP contribution in [-0.2, 0) is 9.53 Å². The van der Waals surface area contributed by atoms with E-state index in [1.54, 1.807) is 29.6 Å². The molecule has 0 saturated heterocycles. The van der Waals surface area contributed by atoms with Gasteiger partial charge in [0.2, 0.25) is 0 Å². The topological polar surface area (TPSA) is 136 Å². The highest BCUT2D eigenvalue weighted by molar-refractivity contribution is 6.34. The predicted molar refractivity (Wildman–Crippen MR) is 96.6 cm³/mol. The van der Waals surface area contributed by atoms with E-state index in [4.69, 9.17) is 10.5 Å². The van der Waals surface area contributed by atoms with Crippen molar-refractivity contribution in [3.05, 3.63) is 65.2 Å². The van der Waals surface area contributed by atoms with Crippen LogP contribution in [0, 0.1) is 0 Å². The lowest BCUT2D eigenvalue weighted by molar-refractivity contribution is -0.127. The molecule has 0 aromatic heterocycles. The summed E-state index contributed by atoms with van der Waals surface area (Å²) in [7, 11) is 0. The van der Waals surface area contributed by atoms with Crippen molar-refractivity contribution in [2.75, 3.05) is 4.90 Å². The lowest BCUT2D eigenvalue weighted by Gasteiger charge is -2.15. The monoisotopic (exact) mass is 381 g/mol. The van der Waals surface area contributed by atoms with E-state index < -0.39 is 35.8 Å². The van der Waals surface area contributed by atoms with Crippen LogP contribution in [0.2, 0.25) is 0 Å². The van der Waals surface area contributed by atoms with Gasteiger partial charge in [0.25, 0.3) is 17.7 Å². The molecule has 0 saturated carbocycles. The second-order valence-electron chi connectivity index (χ2n) is 5.94. The molecule has 1 aliphatic heterocycles. The van der Waals surface area contributed by atoms with Crippen LogP contribution in [0.1, 0.15) is 38.0 Å². The SMILES string of the molecule is CC(OC(=O)c1ccc(N2C(=O)c3ccccc3C2=O)cc1)C(=O)NC(N)=O. The third-order valence-electron chi connectivity index (χ3n) is 4.05. The minimum absolute atomic E-state index is 0.0964. The summed E-state index contributed by atoms with van der Waals surface area (Å²) in [4.78, 5) is 60.3. The van der Waals surface area contributed by atoms with E-state index >= 15 is 0 Å². The van der Waals surface area contributed by atoms with Crippen molar-refractivity contribution in [2.24, 2.45) is 5.73 Å². The van der Waals surface area contributed by atoms with Crippen molar-refractivity contribution in [1.82, 2.24) is 5.32 Å². The maximum Gasteiger partial charge on any atom is 0.338 e. The highest BCUT2D eigenvalue weighted by Gasteiger charge is 2.36. The fourth-order valence-electron chi connectivity index (χ4n) is 2.68. The number of nitrogens with two attached hydrogens (primary N) is 1. The number of amides is 5. The van der Waals surface area contributed by atoms with Gasteiger partial charge in [0.05, 0.1) is 22.4 Å². The van der Waals surface area contributed by atoms with Crippen LogP contribution in [0.5, 0.6) is 0 Å². The van der Waals surface area contributed by atoms with Crippen molar-refractivity contribution in [3.63, 3.8) is 0 Å². The van der Waals surface area contributed by atoms with E-state index in [1.165, 1.54) is 31.2 Å². The van der Waals surface area contributed by atoms with Gasteiger partial charge in [-0.05, 0) is 43.3 Å². The Labute approximate surface area is 159 Å². The number of nitrogens with one attached hydrogen (secondary N) is 1. The van der Waals surface area contributed by atoms with E-state index in [2.05, 4.69) is 0 Å². The minimum atomic E-state index is -1.24. The van der Waals surface area contributed by atoms with Crippen molar-refractivity contribution >= 4 is 35.4 Å². The lowest BCUT2D eigenvalue weighted by Crippen LogP contribution is -2.42. The number of carbonyl (C=O) groups excluding carboxylic acids is 5. The highest BCUT2D eigenvalue weighted by atomic mass is 16.5. The zero-order valence-electron chi connectivity index (χ0n) is 14.7. The first-order chi connectivity index (χ1) is 13.3. The number of esters is 1. The number of benzene rings is 2. The number of hydrogen-bond acceptors (Lipinski definition) is 6. The lowest BCUT2D eigenvalue weighted by atomic mass is 10.1. The molecule has 28 heavy (non-hydrogen) atoms. The molecule has 1 heterocycles. The molecule has 0 fully saturated rings. The maximum absolute atomic E-state index is 12.5. The first-order valence-electron chi connectivity index (χ1n) is 8.18. The number of rotatable bonds is 4. The molecule has 1 unspecified atom stereocenters. The van der Waals surface area contributed by atoms with Gasteiger partial charge in [-0.2, -0.15) is 0 Å². The number of imide groups is 2. The van der Waals surface area contributed by atoms with Gasteiger partial charge in [-0.25, -0.2) is 14.5 Å². The molecule has 0 aliphatic carbocycles. The molecule has 1 aliphatic rings. The molecular weight excluding hydrogens is 366 g/mol. The van der Waals surface area contributed by atoms with Crippen LogP contribution in [0.3, 0.4) is 0 Å². The molecule has 9 heteroatoms. The fraction of sp³-hybridized carbons (Fsp3) is 0.105. The molecule has 0 bridgehead atoms. The number of fused-ring (bicyclic) bond motifs is 1. The minimum Gasteiger partial charge on any atom is -0.449 e. The Bertz CT molecular complexity index is 964. The summed E-state index contributed by atoms with van der Waals surface area (Å²) in [5.41, 5.74) is 5.84. The van der Waals surface area contributed by atoms with Gasteiger partial charge in [-0.1, -0.05) is 12.1 Å². The Balaban J connectivity index is 1.73. The summed E-state index contributed by atoms with van der Waals surface area (Å²) in [5, 5.41) is 1.81. The molecule has 9 nitrogen and oxygen atoms in total. The molecule has 3 N–H and O–H groups in total. The summed E-state index contributed by atoms with van der Waals surface area (Å²) in [6.45, 7) is 1.28. The summed E-state index contributed by atoms with van der Waals surface area (Å²) < 4.78 is 4.95. The zero-order valence-corrected chi connectivity index (χ0v) is 14.7. The van der Waals surface area contributed by atoms with Crippen LogP contribution in [-0.4, -0.2) is 35.8 Å². The van der Waals surface area contributed by atoms with E-state index in [0.29, 0.717) is 16.8 Å². The molecule has 2 aromatic carbocycles. The van der Waals surface area contributed by atoms with E-state index in [1.807, 2.05) is 0 Å². The van der Waals surface area contributed by atoms with Crippen LogP contribution in [0.15, 0.2) is 48.5 Å². The van der Waals surface area contributed by atoms with Gasteiger partial charge in [0.15, 0.2) is 6.10 Å². The first-order valence-corrected chi connectivity index (χ1v) is 8.18. The highest BCUT2D eigenvalue weighted by Crippen LogP contribution is 2.28. The summed E-state index contributed by atoms with van der Waals surface area (Å²) >= 11 is 0. The standard InChI is InChI=1S/C19H15N3O6/c1-10(15(23)21-19(20)27)28-18(26)11-6-8-12(9-7-11)22-16(24)13-4-2-3-5-14(13)17(22)25/h2-10H,1H3,(H3,20,21,23,27). The van der Waals surface area contributed by atoms with Crippen molar-refractivity contribution in [2.45, 2.75) is 13.0 Å². The van der Waals surface area contributed by atoms with Crippen LogP contribution in [0.25, 0.3) is 0 Å². The molecule has 142 valence electrons. The molecule has 0 spiro atoms. The summed E-state index contributed by atoms with van der Waals surface area (Å²) in [6, 6.07) is 11.0. The predicted octanol–water partition coefficient (Wildman–Crippen LogP) is 1.23. The van der Waals surface area contributed by atoms with Gasteiger partial charge in [-0.3, -0.25) is 19.7 Å². The van der Waals surface area contributed by atoms with E-state index in [0.717, 1.165) is 4.90 Å².